The average Bonchev–Trinajstić information content (AvgIpc) is 2.44. The molecule has 0 bridgehead atoms. The van der Waals surface area contributed by atoms with Gasteiger partial charge in [0.25, 0.3) is 5.56 Å². The van der Waals surface area contributed by atoms with E-state index in [9.17, 15) is 20.1 Å². The number of aliphatic hydroxyl groups excluding tert-OH is 4. The second-order valence-electron chi connectivity index (χ2n) is 4.15. The summed E-state index contributed by atoms with van der Waals surface area (Å²) in [6.45, 7) is -0.732. The number of aromatic amines is 1. The summed E-state index contributed by atoms with van der Waals surface area (Å²) in [5.41, 5.74) is -0.0171. The standard InChI is InChI=1S/C12H14N2O5/c15-5-8(16)10(17)11(18)9-12(19)14-7-4-2-1-3-6(7)13-9/h1-4,8,10-11,15-18H,5H2,(H,14,19)/t8-,10-,11-/m0/s1. The number of benzene rings is 1. The number of fused-ring (bicyclic) bond motifs is 1. The molecule has 5 N–H and O–H groups in total. The monoisotopic (exact) mass is 266 g/mol. The predicted octanol–water partition coefficient (Wildman–Crippen LogP) is -1.33. The summed E-state index contributed by atoms with van der Waals surface area (Å²) in [4.78, 5) is 18.2. The molecule has 19 heavy (non-hydrogen) atoms. The maximum Gasteiger partial charge on any atom is 0.272 e. The van der Waals surface area contributed by atoms with Crippen LogP contribution in [0.2, 0.25) is 0 Å². The van der Waals surface area contributed by atoms with Crippen molar-refractivity contribution in [2.75, 3.05) is 6.61 Å². The van der Waals surface area contributed by atoms with E-state index >= 15 is 0 Å². The molecule has 0 unspecified atom stereocenters. The summed E-state index contributed by atoms with van der Waals surface area (Å²) in [6, 6.07) is 6.72. The highest BCUT2D eigenvalue weighted by Crippen LogP contribution is 2.16. The van der Waals surface area contributed by atoms with E-state index < -0.39 is 30.5 Å². The average molecular weight is 266 g/mol. The van der Waals surface area contributed by atoms with Gasteiger partial charge in [0.2, 0.25) is 0 Å². The fourth-order valence-electron chi connectivity index (χ4n) is 1.72. The first-order valence-electron chi connectivity index (χ1n) is 5.68. The highest BCUT2D eigenvalue weighted by Gasteiger charge is 2.28. The highest BCUT2D eigenvalue weighted by molar-refractivity contribution is 5.73. The summed E-state index contributed by atoms with van der Waals surface area (Å²) in [5.74, 6) is 0. The largest absolute Gasteiger partial charge is 0.394 e. The fraction of sp³-hybridized carbons (Fsp3) is 0.333. The number of aromatic nitrogens is 2. The second kappa shape index (κ2) is 5.45. The summed E-state index contributed by atoms with van der Waals surface area (Å²) in [6.07, 6.45) is -4.93. The van der Waals surface area contributed by atoms with Crippen molar-refractivity contribution in [1.29, 1.82) is 0 Å². The van der Waals surface area contributed by atoms with Gasteiger partial charge >= 0.3 is 0 Å². The lowest BCUT2D eigenvalue weighted by molar-refractivity contribution is -0.0792. The first-order valence-corrected chi connectivity index (χ1v) is 5.68. The molecule has 0 amide bonds. The number of H-pyrrole nitrogens is 1. The van der Waals surface area contributed by atoms with E-state index in [0.29, 0.717) is 11.0 Å². The first-order chi connectivity index (χ1) is 9.04. The first kappa shape index (κ1) is 13.6. The second-order valence-corrected chi connectivity index (χ2v) is 4.15. The number of hydrogen-bond donors (Lipinski definition) is 5. The molecule has 0 radical (unpaired) electrons. The minimum atomic E-state index is -1.69. The fourth-order valence-corrected chi connectivity index (χ4v) is 1.72. The van der Waals surface area contributed by atoms with Gasteiger partial charge in [0.1, 0.15) is 24.0 Å². The minimum Gasteiger partial charge on any atom is -0.394 e. The molecule has 0 aliphatic rings. The number of para-hydroxylation sites is 2. The molecule has 2 rings (SSSR count). The Morgan fingerprint density at radius 1 is 1.21 bits per heavy atom. The molecule has 7 heteroatoms. The van der Waals surface area contributed by atoms with Gasteiger partial charge in [-0.05, 0) is 12.1 Å². The van der Waals surface area contributed by atoms with Gasteiger partial charge in [-0.1, -0.05) is 12.1 Å². The van der Waals surface area contributed by atoms with Gasteiger partial charge in [0, 0.05) is 0 Å². The van der Waals surface area contributed by atoms with Crippen LogP contribution < -0.4 is 5.56 Å². The third-order valence-electron chi connectivity index (χ3n) is 2.81. The lowest BCUT2D eigenvalue weighted by Gasteiger charge is -2.20. The topological polar surface area (TPSA) is 127 Å². The molecule has 102 valence electrons. The maximum atomic E-state index is 11.8. The zero-order chi connectivity index (χ0) is 14.0. The molecule has 1 aromatic carbocycles. The molecule has 0 spiro atoms. The van der Waals surface area contributed by atoms with Crippen molar-refractivity contribution < 1.29 is 20.4 Å². The molecular formula is C12H14N2O5. The molecule has 0 saturated heterocycles. The molecule has 0 aliphatic carbocycles. The van der Waals surface area contributed by atoms with Gasteiger partial charge in [-0.2, -0.15) is 0 Å². The third-order valence-corrected chi connectivity index (χ3v) is 2.81. The van der Waals surface area contributed by atoms with Crippen molar-refractivity contribution >= 4 is 11.0 Å². The Bertz CT molecular complexity index is 627. The van der Waals surface area contributed by atoms with Crippen LogP contribution in [0.3, 0.4) is 0 Å². The van der Waals surface area contributed by atoms with Crippen molar-refractivity contribution in [1.82, 2.24) is 9.97 Å². The zero-order valence-corrected chi connectivity index (χ0v) is 9.89. The molecule has 0 fully saturated rings. The molecule has 1 aromatic heterocycles. The van der Waals surface area contributed by atoms with E-state index in [1.54, 1.807) is 24.3 Å². The van der Waals surface area contributed by atoms with Crippen LogP contribution in [0.5, 0.6) is 0 Å². The van der Waals surface area contributed by atoms with E-state index in [0.717, 1.165) is 0 Å². The highest BCUT2D eigenvalue weighted by atomic mass is 16.4. The Morgan fingerprint density at radius 3 is 2.58 bits per heavy atom. The van der Waals surface area contributed by atoms with Gasteiger partial charge in [-0.3, -0.25) is 4.79 Å². The van der Waals surface area contributed by atoms with Crippen molar-refractivity contribution in [3.8, 4) is 0 Å². The molecule has 2 aromatic rings. The van der Waals surface area contributed by atoms with Gasteiger partial charge in [-0.25, -0.2) is 4.98 Å². The summed E-state index contributed by atoms with van der Waals surface area (Å²) >= 11 is 0. The molecule has 1 heterocycles. The van der Waals surface area contributed by atoms with E-state index in [1.165, 1.54) is 0 Å². The van der Waals surface area contributed by atoms with Gasteiger partial charge in [0.05, 0.1) is 17.6 Å². The van der Waals surface area contributed by atoms with Crippen molar-refractivity contribution in [3.63, 3.8) is 0 Å². The van der Waals surface area contributed by atoms with Crippen LogP contribution in [0.25, 0.3) is 11.0 Å². The normalized spacial score (nSPS) is 16.2. The van der Waals surface area contributed by atoms with Crippen LogP contribution in [0.15, 0.2) is 29.1 Å². The lowest BCUT2D eigenvalue weighted by Crippen LogP contribution is -2.37. The predicted molar refractivity (Wildman–Crippen MR) is 66.4 cm³/mol. The number of nitrogens with one attached hydrogen (secondary N) is 1. The van der Waals surface area contributed by atoms with Gasteiger partial charge in [0.15, 0.2) is 0 Å². The SMILES string of the molecule is O=c1[nH]c2ccccc2nc1[C@H](O)[C@@H](O)[C@@H](O)CO. The molecule has 7 nitrogen and oxygen atoms in total. The Balaban J connectivity index is 2.44. The summed E-state index contributed by atoms with van der Waals surface area (Å²) in [5, 5.41) is 37.4. The van der Waals surface area contributed by atoms with Crippen molar-refractivity contribution in [2.45, 2.75) is 18.3 Å². The van der Waals surface area contributed by atoms with E-state index in [-0.39, 0.29) is 5.69 Å². The zero-order valence-electron chi connectivity index (χ0n) is 9.89. The van der Waals surface area contributed by atoms with Gasteiger partial charge in [-0.15, -0.1) is 0 Å². The van der Waals surface area contributed by atoms with Crippen molar-refractivity contribution in [3.05, 3.63) is 40.3 Å². The van der Waals surface area contributed by atoms with Crippen LogP contribution in [0.1, 0.15) is 11.8 Å². The van der Waals surface area contributed by atoms with Gasteiger partial charge < -0.3 is 25.4 Å². The maximum absolute atomic E-state index is 11.8. The molecular weight excluding hydrogens is 252 g/mol. The minimum absolute atomic E-state index is 0.307. The Hall–Kier alpha value is -1.80. The van der Waals surface area contributed by atoms with Crippen LogP contribution >= 0.6 is 0 Å². The Morgan fingerprint density at radius 2 is 1.89 bits per heavy atom. The molecule has 3 atom stereocenters. The van der Waals surface area contributed by atoms with Crippen LogP contribution in [0.4, 0.5) is 0 Å². The number of rotatable bonds is 4. The summed E-state index contributed by atoms with van der Waals surface area (Å²) in [7, 11) is 0. The summed E-state index contributed by atoms with van der Waals surface area (Å²) < 4.78 is 0. The van der Waals surface area contributed by atoms with E-state index in [2.05, 4.69) is 9.97 Å². The van der Waals surface area contributed by atoms with E-state index in [1.807, 2.05) is 0 Å². The van der Waals surface area contributed by atoms with Crippen molar-refractivity contribution in [2.24, 2.45) is 0 Å². The number of aliphatic hydroxyl groups is 4. The van der Waals surface area contributed by atoms with E-state index in [4.69, 9.17) is 5.11 Å². The third kappa shape index (κ3) is 2.64. The van der Waals surface area contributed by atoms with Crippen LogP contribution in [0, 0.1) is 0 Å². The van der Waals surface area contributed by atoms with Crippen LogP contribution in [-0.4, -0.2) is 49.2 Å². The molecule has 0 aliphatic heterocycles. The molecule has 0 saturated carbocycles. The Labute approximate surface area is 107 Å². The number of hydrogen-bond acceptors (Lipinski definition) is 6. The number of nitrogens with zero attached hydrogens (tertiary/aromatic N) is 1. The smallest absolute Gasteiger partial charge is 0.272 e. The quantitative estimate of drug-likeness (QED) is 0.466. The Kier molecular flexibility index (Phi) is 3.91. The lowest BCUT2D eigenvalue weighted by atomic mass is 10.1. The van der Waals surface area contributed by atoms with Crippen LogP contribution in [-0.2, 0) is 0 Å².